The molecule has 1 aromatic carbocycles. The zero-order chi connectivity index (χ0) is 20.1. The van der Waals surface area contributed by atoms with E-state index in [-0.39, 0.29) is 17.7 Å². The van der Waals surface area contributed by atoms with E-state index in [0.717, 1.165) is 6.42 Å². The number of amides is 2. The number of likely N-dealkylation sites (tertiary alicyclic amines) is 1. The van der Waals surface area contributed by atoms with Gasteiger partial charge in [-0.05, 0) is 49.6 Å². The highest BCUT2D eigenvalue weighted by Crippen LogP contribution is 2.21. The third-order valence-electron chi connectivity index (χ3n) is 4.99. The average Bonchev–Trinajstić information content (AvgIpc) is 3.17. The molecule has 1 fully saturated rings. The van der Waals surface area contributed by atoms with Crippen LogP contribution in [0, 0.1) is 5.92 Å². The molecule has 0 aliphatic carbocycles. The van der Waals surface area contributed by atoms with Gasteiger partial charge in [-0.15, -0.1) is 0 Å². The minimum absolute atomic E-state index is 0.123. The largest absolute Gasteiger partial charge is 0.481 e. The first-order valence-electron chi connectivity index (χ1n) is 9.49. The number of nitrogens with one attached hydrogen (secondary N) is 1. The normalized spacial score (nSPS) is 14.7. The molecule has 2 amide bonds. The molecule has 0 bridgehead atoms. The third kappa shape index (κ3) is 4.42. The Hall–Kier alpha value is -3.09. The van der Waals surface area contributed by atoms with Gasteiger partial charge in [0.2, 0.25) is 0 Å². The number of carbonyl (C=O) groups excluding carboxylic acids is 2. The van der Waals surface area contributed by atoms with Crippen molar-refractivity contribution in [2.75, 3.05) is 18.4 Å². The number of hydrogen-bond donors (Lipinski definition) is 2. The van der Waals surface area contributed by atoms with Crippen LogP contribution in [0.1, 0.15) is 52.7 Å². The second-order valence-electron chi connectivity index (χ2n) is 6.94. The molecule has 0 saturated carbocycles. The molecular formula is C21H24N2O5. The van der Waals surface area contributed by atoms with Crippen LogP contribution in [0.3, 0.4) is 0 Å². The number of carboxylic acid groups (broad SMARTS) is 1. The van der Waals surface area contributed by atoms with Gasteiger partial charge in [0.05, 0.1) is 17.7 Å². The second-order valence-corrected chi connectivity index (χ2v) is 6.94. The Bertz CT molecular complexity index is 848. The quantitative estimate of drug-likeness (QED) is 0.795. The number of nitrogens with zero attached hydrogens (tertiary/aromatic N) is 1. The molecule has 7 nitrogen and oxygen atoms in total. The fraction of sp³-hybridized carbons (Fsp3) is 0.381. The molecule has 1 aromatic heterocycles. The summed E-state index contributed by atoms with van der Waals surface area (Å²) in [5, 5.41) is 11.9. The van der Waals surface area contributed by atoms with Crippen molar-refractivity contribution in [2.45, 2.75) is 32.6 Å². The van der Waals surface area contributed by atoms with Gasteiger partial charge in [0, 0.05) is 30.8 Å². The summed E-state index contributed by atoms with van der Waals surface area (Å²) in [6, 6.07) is 8.37. The van der Waals surface area contributed by atoms with E-state index in [0.29, 0.717) is 54.9 Å². The zero-order valence-corrected chi connectivity index (χ0v) is 15.8. The molecule has 2 aromatic rings. The molecule has 1 saturated heterocycles. The van der Waals surface area contributed by atoms with E-state index in [1.807, 2.05) is 6.92 Å². The molecule has 2 heterocycles. The van der Waals surface area contributed by atoms with E-state index < -0.39 is 5.97 Å². The summed E-state index contributed by atoms with van der Waals surface area (Å²) in [6.45, 7) is 2.90. The van der Waals surface area contributed by atoms with Crippen molar-refractivity contribution in [2.24, 2.45) is 5.92 Å². The minimum atomic E-state index is -0.799. The monoisotopic (exact) mass is 384 g/mol. The molecule has 2 N–H and O–H groups in total. The summed E-state index contributed by atoms with van der Waals surface area (Å²) in [7, 11) is 0. The fourth-order valence-corrected chi connectivity index (χ4v) is 3.37. The molecule has 0 radical (unpaired) electrons. The lowest BCUT2D eigenvalue weighted by Crippen LogP contribution is -2.40. The summed E-state index contributed by atoms with van der Waals surface area (Å²) in [6.07, 6.45) is 4.03. The number of aryl methyl sites for hydroxylation is 1. The van der Waals surface area contributed by atoms with Crippen molar-refractivity contribution in [1.29, 1.82) is 0 Å². The number of furan rings is 1. The predicted molar refractivity (Wildman–Crippen MR) is 103 cm³/mol. The van der Waals surface area contributed by atoms with E-state index in [9.17, 15) is 14.4 Å². The van der Waals surface area contributed by atoms with Crippen LogP contribution in [0.4, 0.5) is 5.69 Å². The Balaban J connectivity index is 1.60. The first-order valence-corrected chi connectivity index (χ1v) is 9.49. The molecule has 0 unspecified atom stereocenters. The molecular weight excluding hydrogens is 360 g/mol. The van der Waals surface area contributed by atoms with Crippen LogP contribution in [0.25, 0.3) is 0 Å². The second kappa shape index (κ2) is 8.73. The van der Waals surface area contributed by atoms with Gasteiger partial charge in [-0.3, -0.25) is 14.4 Å². The number of aliphatic carboxylic acids is 1. The highest BCUT2D eigenvalue weighted by atomic mass is 16.4. The summed E-state index contributed by atoms with van der Waals surface area (Å²) in [5.41, 5.74) is 1.62. The van der Waals surface area contributed by atoms with Gasteiger partial charge in [0.1, 0.15) is 5.76 Å². The molecule has 28 heavy (non-hydrogen) atoms. The number of piperidine rings is 1. The smallest absolute Gasteiger partial charge is 0.306 e. The first-order chi connectivity index (χ1) is 13.5. The number of rotatable bonds is 6. The van der Waals surface area contributed by atoms with E-state index in [2.05, 4.69) is 5.32 Å². The molecule has 1 aliphatic rings. The van der Waals surface area contributed by atoms with Crippen molar-refractivity contribution in [3.8, 4) is 0 Å². The molecule has 0 atom stereocenters. The van der Waals surface area contributed by atoms with Gasteiger partial charge in [-0.1, -0.05) is 6.92 Å². The van der Waals surface area contributed by atoms with Crippen molar-refractivity contribution < 1.29 is 23.9 Å². The molecule has 7 heteroatoms. The van der Waals surface area contributed by atoms with Gasteiger partial charge in [0.25, 0.3) is 11.8 Å². The maximum Gasteiger partial charge on any atom is 0.306 e. The lowest BCUT2D eigenvalue weighted by atomic mass is 9.96. The lowest BCUT2D eigenvalue weighted by molar-refractivity contribution is -0.143. The van der Waals surface area contributed by atoms with Crippen LogP contribution >= 0.6 is 0 Å². The molecule has 3 rings (SSSR count). The summed E-state index contributed by atoms with van der Waals surface area (Å²) >= 11 is 0. The Labute approximate surface area is 163 Å². The van der Waals surface area contributed by atoms with E-state index in [4.69, 9.17) is 9.52 Å². The Morgan fingerprint density at radius 3 is 2.43 bits per heavy atom. The van der Waals surface area contributed by atoms with Crippen LogP contribution in [0.15, 0.2) is 41.0 Å². The van der Waals surface area contributed by atoms with Crippen molar-refractivity contribution in [3.63, 3.8) is 0 Å². The minimum Gasteiger partial charge on any atom is -0.481 e. The van der Waals surface area contributed by atoms with Gasteiger partial charge >= 0.3 is 5.97 Å². The van der Waals surface area contributed by atoms with Gasteiger partial charge in [-0.2, -0.15) is 0 Å². The van der Waals surface area contributed by atoms with Gasteiger partial charge in [0.15, 0.2) is 0 Å². The molecule has 148 valence electrons. The maximum absolute atomic E-state index is 12.6. The Morgan fingerprint density at radius 2 is 1.82 bits per heavy atom. The van der Waals surface area contributed by atoms with Crippen LogP contribution in [-0.4, -0.2) is 40.9 Å². The predicted octanol–water partition coefficient (Wildman–Crippen LogP) is 3.42. The van der Waals surface area contributed by atoms with Crippen LogP contribution < -0.4 is 5.32 Å². The number of carboxylic acids is 1. The van der Waals surface area contributed by atoms with E-state index in [1.165, 1.54) is 6.26 Å². The van der Waals surface area contributed by atoms with Crippen molar-refractivity contribution in [3.05, 3.63) is 53.5 Å². The number of carbonyl (C=O) groups is 3. The highest BCUT2D eigenvalue weighted by Gasteiger charge is 2.27. The topological polar surface area (TPSA) is 99.9 Å². The zero-order valence-electron chi connectivity index (χ0n) is 15.8. The van der Waals surface area contributed by atoms with Crippen LogP contribution in [-0.2, 0) is 11.2 Å². The SMILES string of the molecule is CCCc1occc1C(=O)Nc1ccc(C(=O)N2CCC(C(=O)O)CC2)cc1. The van der Waals surface area contributed by atoms with Crippen LogP contribution in [0.5, 0.6) is 0 Å². The number of benzene rings is 1. The highest BCUT2D eigenvalue weighted by molar-refractivity contribution is 6.05. The summed E-state index contributed by atoms with van der Waals surface area (Å²) in [4.78, 5) is 37.7. The van der Waals surface area contributed by atoms with Crippen molar-refractivity contribution in [1.82, 2.24) is 4.90 Å². The lowest BCUT2D eigenvalue weighted by Gasteiger charge is -2.30. The number of anilines is 1. The van der Waals surface area contributed by atoms with Crippen LogP contribution in [0.2, 0.25) is 0 Å². The third-order valence-corrected chi connectivity index (χ3v) is 4.99. The summed E-state index contributed by atoms with van der Waals surface area (Å²) < 4.78 is 5.36. The average molecular weight is 384 g/mol. The maximum atomic E-state index is 12.6. The first kappa shape index (κ1) is 19.7. The van der Waals surface area contributed by atoms with E-state index >= 15 is 0 Å². The molecule has 1 aliphatic heterocycles. The van der Waals surface area contributed by atoms with Gasteiger partial charge < -0.3 is 19.7 Å². The van der Waals surface area contributed by atoms with E-state index in [1.54, 1.807) is 35.2 Å². The fourth-order valence-electron chi connectivity index (χ4n) is 3.37. The standard InChI is InChI=1S/C21H24N2O5/c1-2-3-18-17(10-13-28-18)19(24)22-16-6-4-14(5-7-16)20(25)23-11-8-15(9-12-23)21(26)27/h4-7,10,13,15H,2-3,8-9,11-12H2,1H3,(H,22,24)(H,26,27). The van der Waals surface area contributed by atoms with Crippen molar-refractivity contribution >= 4 is 23.5 Å². The molecule has 0 spiro atoms. The summed E-state index contributed by atoms with van der Waals surface area (Å²) in [5.74, 6) is -0.876. The Kier molecular flexibility index (Phi) is 6.13. The number of hydrogen-bond acceptors (Lipinski definition) is 4. The Morgan fingerprint density at radius 1 is 1.14 bits per heavy atom. The van der Waals surface area contributed by atoms with Gasteiger partial charge in [-0.25, -0.2) is 0 Å².